The zero-order valence-corrected chi connectivity index (χ0v) is 21.4. The van der Waals surface area contributed by atoms with Crippen LogP contribution in [0.5, 0.6) is 0 Å². The smallest absolute Gasteiger partial charge is 0.264 e. The standard InChI is InChI=1S/C26H28ClN3O4S/c1-19-9-15-24(16-10-19)35(33,34)30(23-13-11-22(27)12-14-23)18-25(31)29(20(2)26(32)28-3)17-21-7-5-4-6-8-21/h4-16,20H,17-18H2,1-3H3,(H,28,32). The summed E-state index contributed by atoms with van der Waals surface area (Å²) in [5.74, 6) is -0.871. The Morgan fingerprint density at radius 3 is 2.11 bits per heavy atom. The summed E-state index contributed by atoms with van der Waals surface area (Å²) in [7, 11) is -2.60. The molecule has 0 spiro atoms. The summed E-state index contributed by atoms with van der Waals surface area (Å²) in [4.78, 5) is 27.5. The highest BCUT2D eigenvalue weighted by molar-refractivity contribution is 7.92. The normalized spacial score (nSPS) is 12.0. The first kappa shape index (κ1) is 26.2. The number of hydrogen-bond acceptors (Lipinski definition) is 4. The van der Waals surface area contributed by atoms with Gasteiger partial charge in [0, 0.05) is 18.6 Å². The van der Waals surface area contributed by atoms with Crippen LogP contribution >= 0.6 is 11.6 Å². The number of amides is 2. The van der Waals surface area contributed by atoms with Crippen LogP contribution in [0.3, 0.4) is 0 Å². The molecule has 3 aromatic carbocycles. The van der Waals surface area contributed by atoms with Gasteiger partial charge in [-0.2, -0.15) is 0 Å². The number of anilines is 1. The molecule has 0 aliphatic carbocycles. The highest BCUT2D eigenvalue weighted by atomic mass is 35.5. The first-order valence-corrected chi connectivity index (χ1v) is 12.8. The Morgan fingerprint density at radius 2 is 1.54 bits per heavy atom. The molecule has 0 radical (unpaired) electrons. The zero-order chi connectivity index (χ0) is 25.6. The first-order valence-electron chi connectivity index (χ1n) is 11.0. The summed E-state index contributed by atoms with van der Waals surface area (Å²) in [6, 6.07) is 21.0. The minimum atomic E-state index is -4.09. The van der Waals surface area contributed by atoms with Gasteiger partial charge in [0.2, 0.25) is 11.8 Å². The van der Waals surface area contributed by atoms with Crippen LogP contribution in [0.15, 0.2) is 83.8 Å². The summed E-state index contributed by atoms with van der Waals surface area (Å²) in [5.41, 5.74) is 2.01. The maximum atomic E-state index is 13.6. The second-order valence-electron chi connectivity index (χ2n) is 8.10. The molecule has 0 saturated carbocycles. The highest BCUT2D eigenvalue weighted by Crippen LogP contribution is 2.26. The zero-order valence-electron chi connectivity index (χ0n) is 19.8. The molecule has 0 aliphatic heterocycles. The molecule has 35 heavy (non-hydrogen) atoms. The van der Waals surface area contributed by atoms with Gasteiger partial charge in [-0.25, -0.2) is 8.42 Å². The van der Waals surface area contributed by atoms with Crippen molar-refractivity contribution in [3.05, 3.63) is 95.0 Å². The number of carbonyl (C=O) groups excluding carboxylic acids is 2. The van der Waals surface area contributed by atoms with E-state index >= 15 is 0 Å². The van der Waals surface area contributed by atoms with Crippen molar-refractivity contribution in [2.75, 3.05) is 17.9 Å². The number of nitrogens with zero attached hydrogens (tertiary/aromatic N) is 2. The summed E-state index contributed by atoms with van der Waals surface area (Å²) in [6.07, 6.45) is 0. The number of rotatable bonds is 9. The Hall–Kier alpha value is -3.36. The number of hydrogen-bond donors (Lipinski definition) is 1. The number of sulfonamides is 1. The Bertz CT molecular complexity index is 1260. The van der Waals surface area contributed by atoms with E-state index in [0.717, 1.165) is 15.4 Å². The number of benzene rings is 3. The lowest BCUT2D eigenvalue weighted by Crippen LogP contribution is -2.50. The Kier molecular flexibility index (Phi) is 8.53. The minimum absolute atomic E-state index is 0.0554. The number of nitrogens with one attached hydrogen (secondary N) is 1. The molecule has 9 heteroatoms. The van der Waals surface area contributed by atoms with Crippen molar-refractivity contribution in [1.82, 2.24) is 10.2 Å². The van der Waals surface area contributed by atoms with Crippen LogP contribution in [0.4, 0.5) is 5.69 Å². The Balaban J connectivity index is 2.01. The predicted molar refractivity (Wildman–Crippen MR) is 138 cm³/mol. The van der Waals surface area contributed by atoms with E-state index in [2.05, 4.69) is 5.32 Å². The van der Waals surface area contributed by atoms with E-state index in [1.807, 2.05) is 37.3 Å². The number of halogens is 1. The maximum absolute atomic E-state index is 13.6. The van der Waals surface area contributed by atoms with Crippen molar-refractivity contribution < 1.29 is 18.0 Å². The average molecular weight is 514 g/mol. The van der Waals surface area contributed by atoms with Gasteiger partial charge in [0.1, 0.15) is 12.6 Å². The Morgan fingerprint density at radius 1 is 0.943 bits per heavy atom. The van der Waals surface area contributed by atoms with Gasteiger partial charge >= 0.3 is 0 Å². The third-order valence-corrected chi connectivity index (χ3v) is 7.65. The average Bonchev–Trinajstić information content (AvgIpc) is 2.86. The lowest BCUT2D eigenvalue weighted by molar-refractivity contribution is -0.139. The fourth-order valence-electron chi connectivity index (χ4n) is 3.55. The van der Waals surface area contributed by atoms with E-state index in [1.54, 1.807) is 43.3 Å². The third kappa shape index (κ3) is 6.41. The van der Waals surface area contributed by atoms with Gasteiger partial charge < -0.3 is 10.2 Å². The summed E-state index contributed by atoms with van der Waals surface area (Å²) in [5, 5.41) is 3.00. The van der Waals surface area contributed by atoms with E-state index in [0.29, 0.717) is 5.02 Å². The van der Waals surface area contributed by atoms with Crippen LogP contribution in [0.25, 0.3) is 0 Å². The van der Waals surface area contributed by atoms with Crippen LogP contribution in [-0.2, 0) is 26.2 Å². The van der Waals surface area contributed by atoms with E-state index in [1.165, 1.54) is 24.1 Å². The quantitative estimate of drug-likeness (QED) is 0.468. The summed E-state index contributed by atoms with van der Waals surface area (Å²) < 4.78 is 28.3. The van der Waals surface area contributed by atoms with E-state index in [4.69, 9.17) is 11.6 Å². The molecule has 1 atom stereocenters. The molecule has 3 aromatic rings. The number of aryl methyl sites for hydroxylation is 1. The van der Waals surface area contributed by atoms with Crippen molar-refractivity contribution in [3.63, 3.8) is 0 Å². The summed E-state index contributed by atoms with van der Waals surface area (Å²) in [6.45, 7) is 3.12. The largest absolute Gasteiger partial charge is 0.357 e. The van der Waals surface area contributed by atoms with Gasteiger partial charge in [0.05, 0.1) is 10.6 Å². The van der Waals surface area contributed by atoms with Crippen molar-refractivity contribution in [3.8, 4) is 0 Å². The molecule has 184 valence electrons. The van der Waals surface area contributed by atoms with Gasteiger partial charge in [-0.15, -0.1) is 0 Å². The molecule has 0 heterocycles. The van der Waals surface area contributed by atoms with Crippen LogP contribution in [0.1, 0.15) is 18.1 Å². The molecule has 3 rings (SSSR count). The Labute approximate surface area is 211 Å². The number of carbonyl (C=O) groups is 2. The van der Waals surface area contributed by atoms with Crippen LogP contribution < -0.4 is 9.62 Å². The van der Waals surface area contributed by atoms with Crippen molar-refractivity contribution in [1.29, 1.82) is 0 Å². The van der Waals surface area contributed by atoms with Gasteiger partial charge in [-0.1, -0.05) is 59.6 Å². The van der Waals surface area contributed by atoms with Crippen molar-refractivity contribution in [2.45, 2.75) is 31.3 Å². The lowest BCUT2D eigenvalue weighted by atomic mass is 10.1. The second-order valence-corrected chi connectivity index (χ2v) is 10.4. The molecule has 1 unspecified atom stereocenters. The molecule has 0 bridgehead atoms. The van der Waals surface area contributed by atoms with Crippen LogP contribution in [0, 0.1) is 6.92 Å². The maximum Gasteiger partial charge on any atom is 0.264 e. The van der Waals surface area contributed by atoms with E-state index < -0.39 is 28.5 Å². The fraction of sp³-hybridized carbons (Fsp3) is 0.231. The van der Waals surface area contributed by atoms with Crippen LogP contribution in [0.2, 0.25) is 5.02 Å². The molecule has 0 aliphatic rings. The third-order valence-electron chi connectivity index (χ3n) is 5.61. The summed E-state index contributed by atoms with van der Waals surface area (Å²) >= 11 is 6.02. The molecule has 1 N–H and O–H groups in total. The fourth-order valence-corrected chi connectivity index (χ4v) is 5.09. The SMILES string of the molecule is CNC(=O)C(C)N(Cc1ccccc1)C(=O)CN(c1ccc(Cl)cc1)S(=O)(=O)c1ccc(C)cc1. The first-order chi connectivity index (χ1) is 16.6. The molecular formula is C26H28ClN3O4S. The predicted octanol–water partition coefficient (Wildman–Crippen LogP) is 4.01. The second kappa shape index (κ2) is 11.4. The molecule has 0 saturated heterocycles. The van der Waals surface area contributed by atoms with Gasteiger partial charge in [0.15, 0.2) is 0 Å². The monoisotopic (exact) mass is 513 g/mol. The number of likely N-dealkylation sites (N-methyl/N-ethyl adjacent to an activating group) is 1. The minimum Gasteiger partial charge on any atom is -0.357 e. The lowest BCUT2D eigenvalue weighted by Gasteiger charge is -2.31. The van der Waals surface area contributed by atoms with E-state index in [-0.39, 0.29) is 23.0 Å². The molecule has 2 amide bonds. The molecular weight excluding hydrogens is 486 g/mol. The van der Waals surface area contributed by atoms with Crippen molar-refractivity contribution in [2.24, 2.45) is 0 Å². The highest BCUT2D eigenvalue weighted by Gasteiger charge is 2.32. The molecule has 7 nitrogen and oxygen atoms in total. The molecule has 0 fully saturated rings. The topological polar surface area (TPSA) is 86.8 Å². The van der Waals surface area contributed by atoms with Crippen molar-refractivity contribution >= 4 is 39.1 Å². The van der Waals surface area contributed by atoms with Gasteiger partial charge in [0.25, 0.3) is 10.0 Å². The van der Waals surface area contributed by atoms with Gasteiger partial charge in [-0.3, -0.25) is 13.9 Å². The van der Waals surface area contributed by atoms with Gasteiger partial charge in [-0.05, 0) is 55.8 Å². The van der Waals surface area contributed by atoms with Crippen LogP contribution in [-0.4, -0.2) is 44.8 Å². The molecule has 0 aromatic heterocycles. The van der Waals surface area contributed by atoms with E-state index in [9.17, 15) is 18.0 Å².